The number of para-hydroxylation sites is 1. The Balaban J connectivity index is 0.00000141. The predicted octanol–water partition coefficient (Wildman–Crippen LogP) is 6.24. The van der Waals surface area contributed by atoms with Gasteiger partial charge in [0, 0.05) is 16.6 Å². The fraction of sp³-hybridized carbons (Fsp3) is 0.192. The maximum atomic E-state index is 12.7. The summed E-state index contributed by atoms with van der Waals surface area (Å²) in [4.78, 5) is 12.7. The fourth-order valence-corrected chi connectivity index (χ4v) is 4.04. The van der Waals surface area contributed by atoms with Gasteiger partial charge < -0.3 is 14.8 Å². The van der Waals surface area contributed by atoms with Gasteiger partial charge in [0.05, 0.1) is 25.6 Å². The quantitative estimate of drug-likeness (QED) is 0.486. The van der Waals surface area contributed by atoms with Gasteiger partial charge in [-0.05, 0) is 48.4 Å². The van der Waals surface area contributed by atoms with E-state index in [2.05, 4.69) is 32.9 Å². The maximum absolute atomic E-state index is 12.7. The Labute approximate surface area is 193 Å². The second-order valence-electron chi connectivity index (χ2n) is 6.68. The lowest BCUT2D eigenvalue weighted by Crippen LogP contribution is -2.21. The Bertz CT molecular complexity index is 1140. The molecule has 0 spiro atoms. The Hall–Kier alpha value is -3.51. The molecule has 1 aromatic heterocycles. The SMILES string of the molecule is CC.COc1ccc(C(=O)NC2=CCC(c3csn3-c3ccccc3)=CC=C2)cc1OC. The number of amides is 1. The van der Waals surface area contributed by atoms with Crippen LogP contribution in [0, 0.1) is 0 Å². The summed E-state index contributed by atoms with van der Waals surface area (Å²) < 4.78 is 12.7. The first-order chi connectivity index (χ1) is 15.7. The Morgan fingerprint density at radius 2 is 1.78 bits per heavy atom. The van der Waals surface area contributed by atoms with Gasteiger partial charge in [-0.1, -0.05) is 61.8 Å². The lowest BCUT2D eigenvalue weighted by molar-refractivity contribution is 0.0966. The van der Waals surface area contributed by atoms with Crippen molar-refractivity contribution in [2.45, 2.75) is 20.3 Å². The van der Waals surface area contributed by atoms with Crippen LogP contribution in [0.1, 0.15) is 36.3 Å². The van der Waals surface area contributed by atoms with E-state index >= 15 is 0 Å². The molecule has 1 N–H and O–H groups in total. The normalized spacial score (nSPS) is 12.6. The van der Waals surface area contributed by atoms with E-state index in [1.54, 1.807) is 44.0 Å². The number of allylic oxidation sites excluding steroid dienone is 5. The molecule has 0 aliphatic heterocycles. The van der Waals surface area contributed by atoms with E-state index in [0.29, 0.717) is 17.1 Å². The number of methoxy groups -OCH3 is 2. The Morgan fingerprint density at radius 1 is 1.03 bits per heavy atom. The monoisotopic (exact) mass is 448 g/mol. The zero-order chi connectivity index (χ0) is 22.9. The summed E-state index contributed by atoms with van der Waals surface area (Å²) >= 11 is 1.68. The number of hydrogen-bond acceptors (Lipinski definition) is 4. The molecule has 32 heavy (non-hydrogen) atoms. The third kappa shape index (κ3) is 5.21. The second kappa shape index (κ2) is 11.2. The minimum atomic E-state index is -0.195. The first-order valence-corrected chi connectivity index (χ1v) is 11.4. The zero-order valence-electron chi connectivity index (χ0n) is 18.8. The van der Waals surface area contributed by atoms with Crippen LogP contribution in [0.25, 0.3) is 11.3 Å². The van der Waals surface area contributed by atoms with E-state index in [9.17, 15) is 4.79 Å². The summed E-state index contributed by atoms with van der Waals surface area (Å²) in [6, 6.07) is 15.4. The van der Waals surface area contributed by atoms with Gasteiger partial charge in [-0.15, -0.1) is 0 Å². The minimum Gasteiger partial charge on any atom is -0.493 e. The van der Waals surface area contributed by atoms with Gasteiger partial charge in [0.25, 0.3) is 5.91 Å². The summed E-state index contributed by atoms with van der Waals surface area (Å²) in [6.07, 6.45) is 8.72. The molecule has 0 fully saturated rings. The average Bonchev–Trinajstić information content (AvgIpc) is 3.05. The molecule has 4 rings (SSSR count). The van der Waals surface area contributed by atoms with Gasteiger partial charge in [0.15, 0.2) is 11.5 Å². The Morgan fingerprint density at radius 3 is 2.44 bits per heavy atom. The Kier molecular flexibility index (Phi) is 8.11. The number of carbonyl (C=O) groups is 1. The van der Waals surface area contributed by atoms with Crippen molar-refractivity contribution in [3.8, 4) is 17.2 Å². The molecule has 0 unspecified atom stereocenters. The molecule has 5 nitrogen and oxygen atoms in total. The molecular weight excluding hydrogens is 420 g/mol. The van der Waals surface area contributed by atoms with Gasteiger partial charge in [-0.25, -0.2) is 0 Å². The summed E-state index contributed by atoms with van der Waals surface area (Å²) in [7, 11) is 3.12. The number of benzene rings is 2. The highest BCUT2D eigenvalue weighted by atomic mass is 32.1. The number of ether oxygens (including phenoxy) is 2. The highest BCUT2D eigenvalue weighted by molar-refractivity contribution is 7.06. The van der Waals surface area contributed by atoms with Crippen LogP contribution < -0.4 is 14.8 Å². The van der Waals surface area contributed by atoms with E-state index in [1.807, 2.05) is 50.3 Å². The highest BCUT2D eigenvalue weighted by Crippen LogP contribution is 2.30. The maximum Gasteiger partial charge on any atom is 0.255 e. The van der Waals surface area contributed by atoms with Crippen LogP contribution in [-0.4, -0.2) is 24.1 Å². The minimum absolute atomic E-state index is 0.195. The summed E-state index contributed by atoms with van der Waals surface area (Å²) in [6.45, 7) is 4.00. The number of carbonyl (C=O) groups excluding carboxylic acids is 1. The molecule has 0 radical (unpaired) electrons. The molecule has 166 valence electrons. The first kappa shape index (κ1) is 23.2. The number of aromatic nitrogens is 1. The number of hydrogen-bond donors (Lipinski definition) is 1. The largest absolute Gasteiger partial charge is 0.493 e. The van der Waals surface area contributed by atoms with E-state index in [-0.39, 0.29) is 5.91 Å². The van der Waals surface area contributed by atoms with Crippen molar-refractivity contribution in [3.63, 3.8) is 0 Å². The van der Waals surface area contributed by atoms with Crippen molar-refractivity contribution in [3.05, 3.63) is 95.2 Å². The molecule has 1 aliphatic carbocycles. The lowest BCUT2D eigenvalue weighted by atomic mass is 10.1. The van der Waals surface area contributed by atoms with Crippen molar-refractivity contribution in [2.24, 2.45) is 0 Å². The van der Waals surface area contributed by atoms with Crippen LogP contribution in [0.3, 0.4) is 0 Å². The van der Waals surface area contributed by atoms with E-state index in [0.717, 1.165) is 17.8 Å². The predicted molar refractivity (Wildman–Crippen MR) is 132 cm³/mol. The van der Waals surface area contributed by atoms with Crippen LogP contribution in [0.15, 0.2) is 83.9 Å². The first-order valence-electron chi connectivity index (χ1n) is 10.5. The molecule has 2 aromatic carbocycles. The fourth-order valence-electron chi connectivity index (χ4n) is 3.21. The van der Waals surface area contributed by atoms with E-state index in [1.165, 1.54) is 11.3 Å². The van der Waals surface area contributed by atoms with E-state index < -0.39 is 0 Å². The van der Waals surface area contributed by atoms with Crippen LogP contribution in [0.2, 0.25) is 0 Å². The average molecular weight is 449 g/mol. The molecule has 6 heteroatoms. The van der Waals surface area contributed by atoms with Crippen molar-refractivity contribution in [1.29, 1.82) is 0 Å². The number of nitrogens with one attached hydrogen (secondary N) is 1. The van der Waals surface area contributed by atoms with Gasteiger partial charge in [-0.2, -0.15) is 0 Å². The van der Waals surface area contributed by atoms with Crippen LogP contribution >= 0.6 is 11.5 Å². The molecule has 0 saturated heterocycles. The smallest absolute Gasteiger partial charge is 0.255 e. The number of nitrogens with zero attached hydrogens (tertiary/aromatic N) is 1. The molecule has 1 amide bonds. The van der Waals surface area contributed by atoms with E-state index in [4.69, 9.17) is 9.47 Å². The zero-order valence-corrected chi connectivity index (χ0v) is 19.6. The van der Waals surface area contributed by atoms with Crippen LogP contribution in [-0.2, 0) is 0 Å². The topological polar surface area (TPSA) is 52.5 Å². The molecule has 3 aromatic rings. The second-order valence-corrected chi connectivity index (χ2v) is 7.49. The van der Waals surface area contributed by atoms with Gasteiger partial charge in [0.1, 0.15) is 0 Å². The number of rotatable bonds is 6. The third-order valence-corrected chi connectivity index (χ3v) is 5.77. The van der Waals surface area contributed by atoms with Gasteiger partial charge in [0.2, 0.25) is 0 Å². The third-order valence-electron chi connectivity index (χ3n) is 4.83. The molecule has 0 saturated carbocycles. The summed E-state index contributed by atoms with van der Waals surface area (Å²) in [5.74, 6) is 0.917. The molecule has 0 atom stereocenters. The summed E-state index contributed by atoms with van der Waals surface area (Å²) in [5, 5.41) is 5.12. The molecule has 1 aliphatic rings. The van der Waals surface area contributed by atoms with Crippen LogP contribution in [0.4, 0.5) is 0 Å². The molecule has 1 heterocycles. The van der Waals surface area contributed by atoms with Crippen molar-refractivity contribution in [2.75, 3.05) is 14.2 Å². The molecule has 0 bridgehead atoms. The van der Waals surface area contributed by atoms with Gasteiger partial charge in [-0.3, -0.25) is 8.75 Å². The standard InChI is InChI=1S/C24H22N2O3S.C2H6/c1-28-22-14-12-18(15-23(22)29-2)24(27)25-19-8-6-7-17(11-13-19)21-16-30-26(21)20-9-4-3-5-10-20;1-2/h3-10,12-16H,11H2,1-2H3,(H,25,27);1-2H3. The van der Waals surface area contributed by atoms with Crippen molar-refractivity contribution in [1.82, 2.24) is 9.27 Å². The highest BCUT2D eigenvalue weighted by Gasteiger charge is 2.14. The molecular formula is C26H28N2O3S. The van der Waals surface area contributed by atoms with Crippen molar-refractivity contribution < 1.29 is 14.3 Å². The van der Waals surface area contributed by atoms with Crippen LogP contribution in [0.5, 0.6) is 11.5 Å². The summed E-state index contributed by atoms with van der Waals surface area (Å²) in [5.41, 5.74) is 4.80. The van der Waals surface area contributed by atoms with Crippen molar-refractivity contribution >= 4 is 23.0 Å². The van der Waals surface area contributed by atoms with Gasteiger partial charge >= 0.3 is 0 Å². The lowest BCUT2D eigenvalue weighted by Gasteiger charge is -2.17.